The number of carbonyl (C=O) groups is 1. The summed E-state index contributed by atoms with van der Waals surface area (Å²) in [6, 6.07) is 10.3. The van der Waals surface area contributed by atoms with Crippen molar-refractivity contribution in [1.82, 2.24) is 10.2 Å². The Balaban J connectivity index is 2.32. The Morgan fingerprint density at radius 1 is 1.23 bits per heavy atom. The highest BCUT2D eigenvalue weighted by Gasteiger charge is 2.15. The SMILES string of the molecule is CC(=O)Nc1cc2c(=O)[nH]nc(-c3ccccc3)c2oc1=O. The van der Waals surface area contributed by atoms with E-state index in [2.05, 4.69) is 15.5 Å². The molecule has 22 heavy (non-hydrogen) atoms. The first-order chi connectivity index (χ1) is 10.6. The number of carbonyl (C=O) groups excluding carboxylic acids is 1. The molecule has 1 amide bonds. The molecule has 2 aromatic heterocycles. The molecule has 0 aliphatic heterocycles. The number of H-pyrrole nitrogens is 1. The van der Waals surface area contributed by atoms with Gasteiger partial charge in [-0.15, -0.1) is 0 Å². The molecule has 7 heteroatoms. The van der Waals surface area contributed by atoms with Crippen LogP contribution in [0.3, 0.4) is 0 Å². The zero-order valence-corrected chi connectivity index (χ0v) is 11.5. The molecule has 3 aromatic rings. The van der Waals surface area contributed by atoms with Crippen molar-refractivity contribution in [3.8, 4) is 11.3 Å². The van der Waals surface area contributed by atoms with E-state index in [1.807, 2.05) is 6.07 Å². The standard InChI is InChI=1S/C15H11N3O4/c1-8(19)16-11-7-10-13(22-15(11)21)12(17-18-14(10)20)9-5-3-2-4-6-9/h2-7H,1H3,(H,16,19)(H,18,20). The highest BCUT2D eigenvalue weighted by atomic mass is 16.4. The molecule has 2 N–H and O–H groups in total. The van der Waals surface area contributed by atoms with Crippen molar-refractivity contribution in [1.29, 1.82) is 0 Å². The van der Waals surface area contributed by atoms with Crippen LogP contribution in [0.25, 0.3) is 22.2 Å². The van der Waals surface area contributed by atoms with Gasteiger partial charge in [0.15, 0.2) is 5.58 Å². The fourth-order valence-electron chi connectivity index (χ4n) is 2.10. The second-order valence-electron chi connectivity index (χ2n) is 4.64. The van der Waals surface area contributed by atoms with Crippen LogP contribution in [0.4, 0.5) is 5.69 Å². The van der Waals surface area contributed by atoms with E-state index >= 15 is 0 Å². The van der Waals surface area contributed by atoms with Gasteiger partial charge in [0.05, 0.1) is 5.39 Å². The molecule has 2 heterocycles. The molecule has 0 aliphatic carbocycles. The number of aromatic nitrogens is 2. The number of amides is 1. The summed E-state index contributed by atoms with van der Waals surface area (Å²) in [6.07, 6.45) is 0. The van der Waals surface area contributed by atoms with Crippen molar-refractivity contribution >= 4 is 22.6 Å². The molecular formula is C15H11N3O4. The van der Waals surface area contributed by atoms with E-state index in [-0.39, 0.29) is 16.7 Å². The number of hydrogen-bond acceptors (Lipinski definition) is 5. The lowest BCUT2D eigenvalue weighted by atomic mass is 10.1. The van der Waals surface area contributed by atoms with Crippen molar-refractivity contribution in [2.24, 2.45) is 0 Å². The summed E-state index contributed by atoms with van der Waals surface area (Å²) in [6.45, 7) is 1.26. The fraction of sp³-hybridized carbons (Fsp3) is 0.0667. The first-order valence-corrected chi connectivity index (χ1v) is 6.46. The predicted molar refractivity (Wildman–Crippen MR) is 80.6 cm³/mol. The van der Waals surface area contributed by atoms with Crippen LogP contribution >= 0.6 is 0 Å². The van der Waals surface area contributed by atoms with Crippen molar-refractivity contribution in [2.75, 3.05) is 5.32 Å². The van der Waals surface area contributed by atoms with Crippen molar-refractivity contribution in [3.63, 3.8) is 0 Å². The van der Waals surface area contributed by atoms with Crippen molar-refractivity contribution in [3.05, 3.63) is 57.2 Å². The molecule has 0 aliphatic rings. The van der Waals surface area contributed by atoms with Gasteiger partial charge in [0.2, 0.25) is 5.91 Å². The zero-order valence-electron chi connectivity index (χ0n) is 11.5. The average Bonchev–Trinajstić information content (AvgIpc) is 2.49. The number of anilines is 1. The summed E-state index contributed by atoms with van der Waals surface area (Å²) >= 11 is 0. The highest BCUT2D eigenvalue weighted by Crippen LogP contribution is 2.24. The van der Waals surface area contributed by atoms with Gasteiger partial charge in [-0.05, 0) is 6.07 Å². The van der Waals surface area contributed by atoms with Crippen molar-refractivity contribution < 1.29 is 9.21 Å². The van der Waals surface area contributed by atoms with Crippen LogP contribution in [-0.4, -0.2) is 16.1 Å². The molecule has 0 spiro atoms. The van der Waals surface area contributed by atoms with Gasteiger partial charge in [-0.1, -0.05) is 30.3 Å². The van der Waals surface area contributed by atoms with Gasteiger partial charge in [0, 0.05) is 12.5 Å². The lowest BCUT2D eigenvalue weighted by Gasteiger charge is -2.05. The second kappa shape index (κ2) is 5.28. The minimum Gasteiger partial charge on any atom is -0.419 e. The first kappa shape index (κ1) is 13.7. The van der Waals surface area contributed by atoms with Crippen LogP contribution in [0.1, 0.15) is 6.92 Å². The smallest absolute Gasteiger partial charge is 0.360 e. The van der Waals surface area contributed by atoms with Gasteiger partial charge in [0.25, 0.3) is 5.56 Å². The van der Waals surface area contributed by atoms with Crippen LogP contribution in [0.2, 0.25) is 0 Å². The number of nitrogens with one attached hydrogen (secondary N) is 2. The molecule has 3 rings (SSSR count). The molecule has 0 saturated heterocycles. The van der Waals surface area contributed by atoms with E-state index in [9.17, 15) is 14.4 Å². The number of benzene rings is 1. The topological polar surface area (TPSA) is 105 Å². The third-order valence-corrected chi connectivity index (χ3v) is 3.03. The van der Waals surface area contributed by atoms with Crippen LogP contribution in [-0.2, 0) is 4.79 Å². The summed E-state index contributed by atoms with van der Waals surface area (Å²) in [5, 5.41) is 8.78. The van der Waals surface area contributed by atoms with E-state index in [0.717, 1.165) is 0 Å². The zero-order chi connectivity index (χ0) is 15.7. The Labute approximate surface area is 123 Å². The average molecular weight is 297 g/mol. The maximum Gasteiger partial charge on any atom is 0.360 e. The quantitative estimate of drug-likeness (QED) is 0.745. The molecule has 0 atom stereocenters. The van der Waals surface area contributed by atoms with Gasteiger partial charge in [-0.2, -0.15) is 5.10 Å². The molecular weight excluding hydrogens is 286 g/mol. The van der Waals surface area contributed by atoms with Gasteiger partial charge < -0.3 is 9.73 Å². The van der Waals surface area contributed by atoms with E-state index in [1.165, 1.54) is 13.0 Å². The van der Waals surface area contributed by atoms with Gasteiger partial charge in [-0.3, -0.25) is 9.59 Å². The summed E-state index contributed by atoms with van der Waals surface area (Å²) < 4.78 is 5.21. The molecule has 0 radical (unpaired) electrons. The summed E-state index contributed by atoms with van der Waals surface area (Å²) in [7, 11) is 0. The predicted octanol–water partition coefficient (Wildman–Crippen LogP) is 1.50. The number of rotatable bonds is 2. The fourth-order valence-corrected chi connectivity index (χ4v) is 2.10. The van der Waals surface area contributed by atoms with Crippen LogP contribution in [0, 0.1) is 0 Å². The van der Waals surface area contributed by atoms with Crippen LogP contribution in [0.15, 0.2) is 50.4 Å². The molecule has 0 unspecified atom stereocenters. The van der Waals surface area contributed by atoms with Crippen LogP contribution < -0.4 is 16.5 Å². The maximum atomic E-state index is 11.9. The minimum absolute atomic E-state index is 0.0778. The van der Waals surface area contributed by atoms with Gasteiger partial charge >= 0.3 is 5.63 Å². The van der Waals surface area contributed by atoms with Gasteiger partial charge in [-0.25, -0.2) is 9.89 Å². The maximum absolute atomic E-state index is 11.9. The minimum atomic E-state index is -0.743. The summed E-state index contributed by atoms with van der Waals surface area (Å²) in [4.78, 5) is 34.9. The summed E-state index contributed by atoms with van der Waals surface area (Å²) in [5.74, 6) is -0.430. The third kappa shape index (κ3) is 2.39. The van der Waals surface area contributed by atoms with E-state index in [0.29, 0.717) is 11.3 Å². The Morgan fingerprint density at radius 3 is 2.64 bits per heavy atom. The Hall–Kier alpha value is -3.22. The largest absolute Gasteiger partial charge is 0.419 e. The Kier molecular flexibility index (Phi) is 3.30. The molecule has 7 nitrogen and oxygen atoms in total. The lowest BCUT2D eigenvalue weighted by Crippen LogP contribution is -2.17. The Morgan fingerprint density at radius 2 is 1.95 bits per heavy atom. The number of aromatic amines is 1. The van der Waals surface area contributed by atoms with Gasteiger partial charge in [0.1, 0.15) is 11.4 Å². The van der Waals surface area contributed by atoms with E-state index in [1.54, 1.807) is 24.3 Å². The lowest BCUT2D eigenvalue weighted by molar-refractivity contribution is -0.114. The second-order valence-corrected chi connectivity index (χ2v) is 4.64. The van der Waals surface area contributed by atoms with E-state index < -0.39 is 17.1 Å². The number of nitrogens with zero attached hydrogens (tertiary/aromatic N) is 1. The number of fused-ring (bicyclic) bond motifs is 1. The highest BCUT2D eigenvalue weighted by molar-refractivity contribution is 5.93. The normalized spacial score (nSPS) is 10.6. The first-order valence-electron chi connectivity index (χ1n) is 6.46. The molecule has 110 valence electrons. The molecule has 0 bridgehead atoms. The third-order valence-electron chi connectivity index (χ3n) is 3.03. The molecule has 1 aromatic carbocycles. The van der Waals surface area contributed by atoms with E-state index in [4.69, 9.17) is 4.42 Å². The Bertz CT molecular complexity index is 973. The van der Waals surface area contributed by atoms with Crippen LogP contribution in [0.5, 0.6) is 0 Å². The number of hydrogen-bond donors (Lipinski definition) is 2. The monoisotopic (exact) mass is 297 g/mol. The van der Waals surface area contributed by atoms with Crippen molar-refractivity contribution in [2.45, 2.75) is 6.92 Å². The molecule has 0 fully saturated rings. The molecule has 0 saturated carbocycles. The summed E-state index contributed by atoms with van der Waals surface area (Å²) in [5.41, 5.74) is -0.220.